The zero-order valence-electron chi connectivity index (χ0n) is 20.8. The van der Waals surface area contributed by atoms with Crippen molar-refractivity contribution in [2.75, 3.05) is 53.0 Å². The molecule has 0 aromatic heterocycles. The maximum atomic E-state index is 13.2. The highest BCUT2D eigenvalue weighted by atomic mass is 16.5. The average molecular weight is 471 g/mol. The first kappa shape index (κ1) is 26.0. The minimum atomic E-state index is -0.623. The number of aryl methyl sites for hydroxylation is 1. The van der Waals surface area contributed by atoms with Gasteiger partial charge in [0.05, 0.1) is 19.8 Å². The number of nitrogens with zero attached hydrogens (tertiary/aromatic N) is 2. The third-order valence-electron chi connectivity index (χ3n) is 5.79. The Morgan fingerprint density at radius 2 is 1.82 bits per heavy atom. The monoisotopic (exact) mass is 470 g/mol. The molecule has 186 valence electrons. The Hall–Kier alpha value is -2.61. The minimum Gasteiger partial charge on any atom is -0.497 e. The molecule has 0 aliphatic carbocycles. The summed E-state index contributed by atoms with van der Waals surface area (Å²) in [6.45, 7) is 10.1. The molecular formula is C27H38N2O5. The van der Waals surface area contributed by atoms with E-state index in [2.05, 4.69) is 18.7 Å². The highest BCUT2D eigenvalue weighted by Gasteiger charge is 2.27. The fourth-order valence-electron chi connectivity index (χ4n) is 4.08. The summed E-state index contributed by atoms with van der Waals surface area (Å²) in [6, 6.07) is 15.0. The van der Waals surface area contributed by atoms with Crippen LogP contribution < -0.4 is 9.47 Å². The van der Waals surface area contributed by atoms with Crippen molar-refractivity contribution in [2.24, 2.45) is 5.92 Å². The molecule has 0 radical (unpaired) electrons. The van der Waals surface area contributed by atoms with E-state index in [0.717, 1.165) is 17.9 Å². The topological polar surface area (TPSA) is 71.5 Å². The Morgan fingerprint density at radius 3 is 2.47 bits per heavy atom. The van der Waals surface area contributed by atoms with E-state index in [0.29, 0.717) is 50.0 Å². The number of carbonyl (C=O) groups is 1. The molecule has 2 unspecified atom stereocenters. The van der Waals surface area contributed by atoms with Gasteiger partial charge in [-0.3, -0.25) is 9.69 Å². The first-order valence-corrected chi connectivity index (χ1v) is 12.0. The number of β-amino-alcohol motifs (C(OH)–C–C–N with tert-alkyl or cyclic N) is 1. The van der Waals surface area contributed by atoms with Crippen LogP contribution in [0.5, 0.6) is 11.5 Å². The average Bonchev–Trinajstić information content (AvgIpc) is 2.82. The van der Waals surface area contributed by atoms with E-state index < -0.39 is 6.10 Å². The molecule has 1 saturated heterocycles. The predicted molar refractivity (Wildman–Crippen MR) is 133 cm³/mol. The first-order chi connectivity index (χ1) is 16.3. The van der Waals surface area contributed by atoms with Gasteiger partial charge in [0.15, 0.2) is 0 Å². The van der Waals surface area contributed by atoms with Crippen molar-refractivity contribution < 1.29 is 24.1 Å². The van der Waals surface area contributed by atoms with E-state index in [1.165, 1.54) is 0 Å². The Labute approximate surface area is 203 Å². The first-order valence-electron chi connectivity index (χ1n) is 12.0. The number of methoxy groups -OCH3 is 1. The standard InChI is InChI=1S/C27H38N2O5/c1-20(2)15-29(27(31)22-7-5-21(3)6-8-22)18-26-17-28(13-14-33-26)16-23(30)19-34-25-11-9-24(32-4)10-12-25/h5-12,20,23,26,30H,13-19H2,1-4H3. The lowest BCUT2D eigenvalue weighted by Crippen LogP contribution is -2.51. The molecule has 7 nitrogen and oxygen atoms in total. The molecular weight excluding hydrogens is 432 g/mol. The van der Waals surface area contributed by atoms with Gasteiger partial charge in [0, 0.05) is 38.3 Å². The van der Waals surface area contributed by atoms with Gasteiger partial charge in [0.2, 0.25) is 0 Å². The highest BCUT2D eigenvalue weighted by molar-refractivity contribution is 5.94. The van der Waals surface area contributed by atoms with Gasteiger partial charge in [0.25, 0.3) is 5.91 Å². The van der Waals surface area contributed by atoms with Crippen LogP contribution in [0.1, 0.15) is 29.8 Å². The van der Waals surface area contributed by atoms with Crippen LogP contribution >= 0.6 is 0 Å². The predicted octanol–water partition coefficient (Wildman–Crippen LogP) is 3.24. The second-order valence-electron chi connectivity index (χ2n) is 9.36. The molecule has 1 fully saturated rings. The van der Waals surface area contributed by atoms with Crippen molar-refractivity contribution in [2.45, 2.75) is 33.0 Å². The molecule has 1 heterocycles. The van der Waals surface area contributed by atoms with Gasteiger partial charge in [-0.2, -0.15) is 0 Å². The molecule has 2 atom stereocenters. The van der Waals surface area contributed by atoms with Crippen LogP contribution in [-0.2, 0) is 4.74 Å². The fraction of sp³-hybridized carbons (Fsp3) is 0.519. The molecule has 2 aromatic rings. The van der Waals surface area contributed by atoms with Crippen molar-refractivity contribution in [3.63, 3.8) is 0 Å². The molecule has 0 bridgehead atoms. The third kappa shape index (κ3) is 8.01. The van der Waals surface area contributed by atoms with Gasteiger partial charge in [-0.05, 0) is 49.2 Å². The van der Waals surface area contributed by atoms with Crippen LogP contribution in [0.4, 0.5) is 0 Å². The Balaban J connectivity index is 1.52. The molecule has 34 heavy (non-hydrogen) atoms. The van der Waals surface area contributed by atoms with E-state index in [1.54, 1.807) is 7.11 Å². The van der Waals surface area contributed by atoms with Crippen molar-refractivity contribution in [3.8, 4) is 11.5 Å². The van der Waals surface area contributed by atoms with Gasteiger partial charge in [-0.1, -0.05) is 31.5 Å². The number of morpholine rings is 1. The molecule has 1 N–H and O–H groups in total. The summed E-state index contributed by atoms with van der Waals surface area (Å²) in [7, 11) is 1.62. The van der Waals surface area contributed by atoms with Crippen LogP contribution in [0.25, 0.3) is 0 Å². The van der Waals surface area contributed by atoms with E-state index in [4.69, 9.17) is 14.2 Å². The summed E-state index contributed by atoms with van der Waals surface area (Å²) >= 11 is 0. The van der Waals surface area contributed by atoms with Crippen molar-refractivity contribution in [3.05, 3.63) is 59.7 Å². The number of rotatable bonds is 11. The zero-order valence-corrected chi connectivity index (χ0v) is 20.8. The Kier molecular flexibility index (Phi) is 9.74. The van der Waals surface area contributed by atoms with Gasteiger partial charge in [0.1, 0.15) is 24.2 Å². The smallest absolute Gasteiger partial charge is 0.253 e. The number of benzene rings is 2. The molecule has 1 aliphatic rings. The normalized spacial score (nSPS) is 17.4. The summed E-state index contributed by atoms with van der Waals surface area (Å²) in [4.78, 5) is 17.3. The number of hydrogen-bond donors (Lipinski definition) is 1. The van der Waals surface area contributed by atoms with Gasteiger partial charge in [-0.25, -0.2) is 0 Å². The second-order valence-corrected chi connectivity index (χ2v) is 9.36. The van der Waals surface area contributed by atoms with Crippen molar-refractivity contribution in [1.29, 1.82) is 0 Å². The number of amides is 1. The molecule has 2 aromatic carbocycles. The van der Waals surface area contributed by atoms with Gasteiger partial charge < -0.3 is 24.2 Å². The minimum absolute atomic E-state index is 0.0300. The number of hydrogen-bond acceptors (Lipinski definition) is 6. The van der Waals surface area contributed by atoms with Gasteiger partial charge in [-0.15, -0.1) is 0 Å². The maximum Gasteiger partial charge on any atom is 0.253 e. The summed E-state index contributed by atoms with van der Waals surface area (Å²) in [5.41, 5.74) is 1.83. The fourth-order valence-corrected chi connectivity index (χ4v) is 4.08. The van der Waals surface area contributed by atoms with Crippen molar-refractivity contribution in [1.82, 2.24) is 9.80 Å². The largest absolute Gasteiger partial charge is 0.497 e. The SMILES string of the molecule is COc1ccc(OCC(O)CN2CCOC(CN(CC(C)C)C(=O)c3ccc(C)cc3)C2)cc1. The van der Waals surface area contributed by atoms with Crippen LogP contribution in [0.3, 0.4) is 0 Å². The summed E-state index contributed by atoms with van der Waals surface area (Å²) < 4.78 is 16.9. The van der Waals surface area contributed by atoms with E-state index in [-0.39, 0.29) is 18.6 Å². The number of ether oxygens (including phenoxy) is 3. The Bertz CT molecular complexity index is 885. The van der Waals surface area contributed by atoms with Crippen LogP contribution in [-0.4, -0.2) is 86.1 Å². The summed E-state index contributed by atoms with van der Waals surface area (Å²) in [6.07, 6.45) is -0.724. The summed E-state index contributed by atoms with van der Waals surface area (Å²) in [5.74, 6) is 1.84. The number of carbonyl (C=O) groups excluding carboxylic acids is 1. The zero-order chi connectivity index (χ0) is 24.5. The van der Waals surface area contributed by atoms with E-state index in [9.17, 15) is 9.90 Å². The van der Waals surface area contributed by atoms with Crippen LogP contribution in [0.2, 0.25) is 0 Å². The highest BCUT2D eigenvalue weighted by Crippen LogP contribution is 2.18. The van der Waals surface area contributed by atoms with Gasteiger partial charge >= 0.3 is 0 Å². The lowest BCUT2D eigenvalue weighted by Gasteiger charge is -2.37. The lowest BCUT2D eigenvalue weighted by molar-refractivity contribution is -0.0542. The molecule has 0 saturated carbocycles. The van der Waals surface area contributed by atoms with E-state index >= 15 is 0 Å². The van der Waals surface area contributed by atoms with E-state index in [1.807, 2.05) is 60.4 Å². The molecule has 1 amide bonds. The maximum absolute atomic E-state index is 13.2. The summed E-state index contributed by atoms with van der Waals surface area (Å²) in [5, 5.41) is 10.5. The molecule has 7 heteroatoms. The number of aliphatic hydroxyl groups excluding tert-OH is 1. The molecule has 1 aliphatic heterocycles. The second kappa shape index (κ2) is 12.7. The molecule has 0 spiro atoms. The van der Waals surface area contributed by atoms with Crippen LogP contribution in [0.15, 0.2) is 48.5 Å². The number of aliphatic hydroxyl groups is 1. The van der Waals surface area contributed by atoms with Crippen LogP contribution in [0, 0.1) is 12.8 Å². The van der Waals surface area contributed by atoms with Crippen molar-refractivity contribution >= 4 is 5.91 Å². The Morgan fingerprint density at radius 1 is 1.15 bits per heavy atom. The molecule has 3 rings (SSSR count). The lowest BCUT2D eigenvalue weighted by atomic mass is 10.1. The quantitative estimate of drug-likeness (QED) is 0.544. The third-order valence-corrected chi connectivity index (χ3v) is 5.79.